The highest BCUT2D eigenvalue weighted by Gasteiger charge is 2.21. The number of aromatic carboxylic acids is 1. The number of aromatic amines is 1. The monoisotopic (exact) mass is 422 g/mol. The lowest BCUT2D eigenvalue weighted by atomic mass is 9.91. The first-order valence-electron chi connectivity index (χ1n) is 10.5. The van der Waals surface area contributed by atoms with Crippen LogP contribution in [0, 0.1) is 0 Å². The smallest absolute Gasteiger partial charge is 0.411 e. The van der Waals surface area contributed by atoms with Gasteiger partial charge in [-0.1, -0.05) is 13.0 Å². The minimum atomic E-state index is -0.996. The number of fused-ring (bicyclic) bond motifs is 1. The Bertz CT molecular complexity index is 1110. The van der Waals surface area contributed by atoms with Crippen molar-refractivity contribution in [2.45, 2.75) is 44.6 Å². The molecule has 0 spiro atoms. The van der Waals surface area contributed by atoms with E-state index in [-0.39, 0.29) is 17.6 Å². The van der Waals surface area contributed by atoms with Gasteiger partial charge in [0.1, 0.15) is 11.9 Å². The molecule has 1 aromatic heterocycles. The molecule has 162 valence electrons. The van der Waals surface area contributed by atoms with E-state index in [4.69, 9.17) is 9.47 Å². The van der Waals surface area contributed by atoms with Crippen molar-refractivity contribution in [3.63, 3.8) is 0 Å². The number of carbonyl (C=O) groups excluding carboxylic acids is 1. The van der Waals surface area contributed by atoms with Gasteiger partial charge in [-0.25, -0.2) is 9.59 Å². The van der Waals surface area contributed by atoms with Crippen LogP contribution in [0.4, 0.5) is 10.5 Å². The van der Waals surface area contributed by atoms with E-state index >= 15 is 0 Å². The molecule has 0 bridgehead atoms. The number of carbonyl (C=O) groups is 2. The minimum Gasteiger partial charge on any atom is -0.496 e. The molecule has 4 rings (SSSR count). The quantitative estimate of drug-likeness (QED) is 0.486. The molecule has 0 aliphatic heterocycles. The molecule has 31 heavy (non-hydrogen) atoms. The fourth-order valence-corrected chi connectivity index (χ4v) is 4.25. The van der Waals surface area contributed by atoms with Crippen LogP contribution in [0.2, 0.25) is 0 Å². The van der Waals surface area contributed by atoms with Crippen molar-refractivity contribution in [2.75, 3.05) is 12.4 Å². The van der Waals surface area contributed by atoms with E-state index < -0.39 is 12.1 Å². The van der Waals surface area contributed by atoms with Crippen LogP contribution in [0.3, 0.4) is 0 Å². The summed E-state index contributed by atoms with van der Waals surface area (Å²) in [6.07, 6.45) is 5.57. The van der Waals surface area contributed by atoms with Gasteiger partial charge >= 0.3 is 12.1 Å². The van der Waals surface area contributed by atoms with Crippen LogP contribution in [-0.2, 0) is 4.74 Å². The van der Waals surface area contributed by atoms with Crippen molar-refractivity contribution >= 4 is 28.7 Å². The van der Waals surface area contributed by atoms with Gasteiger partial charge in [-0.05, 0) is 61.6 Å². The summed E-state index contributed by atoms with van der Waals surface area (Å²) >= 11 is 0. The first kappa shape index (κ1) is 20.8. The van der Waals surface area contributed by atoms with Gasteiger partial charge in [-0.3, -0.25) is 5.32 Å². The van der Waals surface area contributed by atoms with Gasteiger partial charge in [0.25, 0.3) is 0 Å². The number of amides is 1. The number of hydrogen-bond acceptors (Lipinski definition) is 4. The minimum absolute atomic E-state index is 0.00723. The summed E-state index contributed by atoms with van der Waals surface area (Å²) in [6, 6.07) is 10.6. The number of nitrogens with one attached hydrogen (secondary N) is 2. The Hall–Kier alpha value is -3.48. The van der Waals surface area contributed by atoms with Gasteiger partial charge in [0.15, 0.2) is 0 Å². The second-order valence-electron chi connectivity index (χ2n) is 7.92. The molecule has 1 amide bonds. The van der Waals surface area contributed by atoms with Crippen LogP contribution in [0.1, 0.15) is 60.0 Å². The van der Waals surface area contributed by atoms with E-state index in [1.807, 2.05) is 31.3 Å². The highest BCUT2D eigenvalue weighted by molar-refractivity contribution is 5.92. The number of hydrogen-bond donors (Lipinski definition) is 3. The molecule has 0 radical (unpaired) electrons. The molecule has 3 aromatic rings. The zero-order chi connectivity index (χ0) is 22.0. The van der Waals surface area contributed by atoms with Gasteiger partial charge in [0, 0.05) is 34.3 Å². The van der Waals surface area contributed by atoms with Crippen LogP contribution in [0.25, 0.3) is 10.9 Å². The van der Waals surface area contributed by atoms with Crippen molar-refractivity contribution in [1.29, 1.82) is 0 Å². The number of carboxylic acids is 1. The number of benzene rings is 2. The topological polar surface area (TPSA) is 101 Å². The third kappa shape index (κ3) is 4.35. The highest BCUT2D eigenvalue weighted by Crippen LogP contribution is 2.36. The summed E-state index contributed by atoms with van der Waals surface area (Å²) < 4.78 is 11.0. The number of H-pyrrole nitrogens is 1. The lowest BCUT2D eigenvalue weighted by Crippen LogP contribution is -2.20. The lowest BCUT2D eigenvalue weighted by Gasteiger charge is -2.16. The highest BCUT2D eigenvalue weighted by atomic mass is 16.6. The summed E-state index contributed by atoms with van der Waals surface area (Å²) in [4.78, 5) is 26.8. The van der Waals surface area contributed by atoms with Crippen LogP contribution >= 0.6 is 0 Å². The van der Waals surface area contributed by atoms with Crippen LogP contribution in [0.5, 0.6) is 5.75 Å². The molecule has 2 aromatic carbocycles. The number of methoxy groups -OCH3 is 1. The molecule has 1 atom stereocenters. The van der Waals surface area contributed by atoms with Crippen LogP contribution in [-0.4, -0.2) is 35.4 Å². The Balaban J connectivity index is 1.60. The molecule has 1 saturated carbocycles. The normalized spacial score (nSPS) is 15.0. The van der Waals surface area contributed by atoms with Crippen molar-refractivity contribution in [2.24, 2.45) is 0 Å². The first-order chi connectivity index (χ1) is 15.0. The number of anilines is 1. The van der Waals surface area contributed by atoms with Crippen molar-refractivity contribution in [3.05, 3.63) is 59.3 Å². The Morgan fingerprint density at radius 3 is 2.61 bits per heavy atom. The average Bonchev–Trinajstić information content (AvgIpc) is 3.42. The molecule has 1 unspecified atom stereocenters. The van der Waals surface area contributed by atoms with Gasteiger partial charge in [-0.15, -0.1) is 0 Å². The van der Waals surface area contributed by atoms with Crippen LogP contribution < -0.4 is 10.1 Å². The molecule has 0 saturated heterocycles. The van der Waals surface area contributed by atoms with E-state index in [0.29, 0.717) is 11.4 Å². The van der Waals surface area contributed by atoms with E-state index in [0.717, 1.165) is 47.7 Å². The maximum Gasteiger partial charge on any atom is 0.411 e. The zero-order valence-corrected chi connectivity index (χ0v) is 17.6. The van der Waals surface area contributed by atoms with Gasteiger partial charge in [-0.2, -0.15) is 0 Å². The molecular weight excluding hydrogens is 396 g/mol. The van der Waals surface area contributed by atoms with E-state index in [2.05, 4.69) is 10.3 Å². The average molecular weight is 422 g/mol. The SMILES string of the molecule is COc1cc(C(=O)O)ccc1C(C)c1c[nH]c2ccc(NC(=O)OC3CCCC3)cc12. The molecular formula is C24H26N2O5. The maximum atomic E-state index is 12.2. The second kappa shape index (κ2) is 8.71. The van der Waals surface area contributed by atoms with Crippen molar-refractivity contribution in [1.82, 2.24) is 4.98 Å². The fourth-order valence-electron chi connectivity index (χ4n) is 4.25. The predicted octanol–water partition coefficient (Wildman–Crippen LogP) is 5.52. The molecule has 3 N–H and O–H groups in total. The number of carboxylic acid groups (broad SMARTS) is 1. The Morgan fingerprint density at radius 1 is 1.13 bits per heavy atom. The van der Waals surface area contributed by atoms with E-state index in [9.17, 15) is 14.7 Å². The fraction of sp³-hybridized carbons (Fsp3) is 0.333. The standard InChI is InChI=1S/C24H26N2O5/c1-14(18-9-7-15(23(27)28)11-22(18)30-2)20-13-25-21-10-8-16(12-19(20)21)26-24(29)31-17-5-3-4-6-17/h7-14,17,25H,3-6H2,1-2H3,(H,26,29)(H,27,28). The third-order valence-electron chi connectivity index (χ3n) is 5.95. The van der Waals surface area contributed by atoms with Crippen LogP contribution in [0.15, 0.2) is 42.6 Å². The van der Waals surface area contributed by atoms with Gasteiger partial charge in [0.05, 0.1) is 12.7 Å². The molecule has 1 aliphatic rings. The molecule has 1 fully saturated rings. The molecule has 1 heterocycles. The Labute approximate surface area is 180 Å². The molecule has 7 nitrogen and oxygen atoms in total. The molecule has 7 heteroatoms. The lowest BCUT2D eigenvalue weighted by molar-refractivity contribution is 0.0696. The zero-order valence-electron chi connectivity index (χ0n) is 17.6. The largest absolute Gasteiger partial charge is 0.496 e. The summed E-state index contributed by atoms with van der Waals surface area (Å²) in [5, 5.41) is 13.0. The van der Waals surface area contributed by atoms with Crippen molar-refractivity contribution in [3.8, 4) is 5.75 Å². The first-order valence-corrected chi connectivity index (χ1v) is 10.5. The summed E-state index contributed by atoms with van der Waals surface area (Å²) in [7, 11) is 1.53. The van der Waals surface area contributed by atoms with E-state index in [1.54, 1.807) is 12.1 Å². The number of rotatable bonds is 6. The summed E-state index contributed by atoms with van der Waals surface area (Å²) in [5.41, 5.74) is 3.69. The van der Waals surface area contributed by atoms with E-state index in [1.165, 1.54) is 13.2 Å². The molecule has 1 aliphatic carbocycles. The van der Waals surface area contributed by atoms with Gasteiger partial charge in [0.2, 0.25) is 0 Å². The summed E-state index contributed by atoms with van der Waals surface area (Å²) in [5.74, 6) is -0.534. The Kier molecular flexibility index (Phi) is 5.84. The maximum absolute atomic E-state index is 12.2. The summed E-state index contributed by atoms with van der Waals surface area (Å²) in [6.45, 7) is 2.04. The van der Waals surface area contributed by atoms with Crippen molar-refractivity contribution < 1.29 is 24.2 Å². The third-order valence-corrected chi connectivity index (χ3v) is 5.95. The predicted molar refractivity (Wildman–Crippen MR) is 118 cm³/mol. The second-order valence-corrected chi connectivity index (χ2v) is 7.92. The number of aromatic nitrogens is 1. The Morgan fingerprint density at radius 2 is 1.90 bits per heavy atom. The number of ether oxygens (including phenoxy) is 2. The van der Waals surface area contributed by atoms with Gasteiger partial charge < -0.3 is 19.6 Å².